The van der Waals surface area contributed by atoms with Gasteiger partial charge in [0.15, 0.2) is 0 Å². The lowest BCUT2D eigenvalue weighted by Gasteiger charge is -2.21. The van der Waals surface area contributed by atoms with Gasteiger partial charge in [-0.25, -0.2) is 0 Å². The quantitative estimate of drug-likeness (QED) is 0.641. The lowest BCUT2D eigenvalue weighted by atomic mass is 9.95. The van der Waals surface area contributed by atoms with Gasteiger partial charge in [-0.1, -0.05) is 12.5 Å². The maximum Gasteiger partial charge on any atom is 0.0495 e. The molecule has 1 saturated heterocycles. The molecule has 1 aliphatic heterocycles. The summed E-state index contributed by atoms with van der Waals surface area (Å²) in [4.78, 5) is 0. The zero-order chi connectivity index (χ0) is 11.8. The minimum atomic E-state index is 0.656. The molecule has 1 rings (SSSR count). The molecule has 0 bridgehead atoms. The van der Waals surface area contributed by atoms with E-state index in [1.165, 1.54) is 31.3 Å². The summed E-state index contributed by atoms with van der Waals surface area (Å²) in [6.45, 7) is 11.4. The summed E-state index contributed by atoms with van der Waals surface area (Å²) in [5.74, 6) is 0.777. The van der Waals surface area contributed by atoms with E-state index in [1.54, 1.807) is 0 Å². The van der Waals surface area contributed by atoms with Crippen molar-refractivity contribution in [2.75, 3.05) is 19.8 Å². The minimum Gasteiger partial charge on any atom is -0.381 e. The highest BCUT2D eigenvalue weighted by molar-refractivity contribution is 4.89. The van der Waals surface area contributed by atoms with E-state index in [2.05, 4.69) is 25.7 Å². The Bertz CT molecular complexity index is 197. The Morgan fingerprint density at radius 1 is 1.56 bits per heavy atom. The Balaban J connectivity index is 2.26. The summed E-state index contributed by atoms with van der Waals surface area (Å²) >= 11 is 0. The Kier molecular flexibility index (Phi) is 6.74. The fourth-order valence-electron chi connectivity index (χ4n) is 2.24. The van der Waals surface area contributed by atoms with Gasteiger partial charge in [-0.05, 0) is 51.5 Å². The predicted molar refractivity (Wildman–Crippen MR) is 69.7 cm³/mol. The maximum absolute atomic E-state index is 5.44. The van der Waals surface area contributed by atoms with Crippen LogP contribution in [0.5, 0.6) is 0 Å². The topological polar surface area (TPSA) is 21.3 Å². The third kappa shape index (κ3) is 5.66. The van der Waals surface area contributed by atoms with E-state index in [4.69, 9.17) is 4.74 Å². The van der Waals surface area contributed by atoms with Crippen LogP contribution in [0.15, 0.2) is 12.2 Å². The monoisotopic (exact) mass is 225 g/mol. The van der Waals surface area contributed by atoms with Crippen LogP contribution in [0.2, 0.25) is 0 Å². The standard InChI is InChI=1S/C14H27NO/c1-4-8-15-14(6-5-12(2)3)10-13-7-9-16-11-13/h13-15H,2,4-11H2,1,3H3. The fraction of sp³-hybridized carbons (Fsp3) is 0.857. The molecule has 16 heavy (non-hydrogen) atoms. The molecule has 2 nitrogen and oxygen atoms in total. The van der Waals surface area contributed by atoms with Gasteiger partial charge in [-0.3, -0.25) is 0 Å². The molecule has 1 heterocycles. The van der Waals surface area contributed by atoms with Crippen LogP contribution in [0.3, 0.4) is 0 Å². The average Bonchev–Trinajstić information content (AvgIpc) is 2.74. The predicted octanol–water partition coefficient (Wildman–Crippen LogP) is 3.14. The number of rotatable bonds is 8. The molecule has 1 fully saturated rings. The molecule has 2 heteroatoms. The molecule has 0 aromatic rings. The van der Waals surface area contributed by atoms with Gasteiger partial charge in [0.25, 0.3) is 0 Å². The average molecular weight is 225 g/mol. The maximum atomic E-state index is 5.44. The van der Waals surface area contributed by atoms with E-state index >= 15 is 0 Å². The molecule has 0 aromatic carbocycles. The van der Waals surface area contributed by atoms with Gasteiger partial charge in [0.2, 0.25) is 0 Å². The summed E-state index contributed by atoms with van der Waals surface area (Å²) in [6.07, 6.45) is 6.11. The van der Waals surface area contributed by atoms with Crippen molar-refractivity contribution in [3.05, 3.63) is 12.2 Å². The van der Waals surface area contributed by atoms with Crippen molar-refractivity contribution in [3.63, 3.8) is 0 Å². The summed E-state index contributed by atoms with van der Waals surface area (Å²) in [7, 11) is 0. The molecule has 0 amide bonds. The van der Waals surface area contributed by atoms with Gasteiger partial charge in [0.1, 0.15) is 0 Å². The van der Waals surface area contributed by atoms with Gasteiger partial charge in [0, 0.05) is 19.3 Å². The van der Waals surface area contributed by atoms with Crippen molar-refractivity contribution >= 4 is 0 Å². The third-order valence-corrected chi connectivity index (χ3v) is 3.24. The van der Waals surface area contributed by atoms with Crippen molar-refractivity contribution in [2.45, 2.75) is 52.0 Å². The van der Waals surface area contributed by atoms with Crippen molar-refractivity contribution in [2.24, 2.45) is 5.92 Å². The number of nitrogens with one attached hydrogen (secondary N) is 1. The summed E-state index contributed by atoms with van der Waals surface area (Å²) in [6, 6.07) is 0.656. The zero-order valence-electron chi connectivity index (χ0n) is 10.9. The lowest BCUT2D eigenvalue weighted by molar-refractivity contribution is 0.181. The first-order valence-corrected chi connectivity index (χ1v) is 6.68. The Morgan fingerprint density at radius 2 is 2.38 bits per heavy atom. The number of hydrogen-bond acceptors (Lipinski definition) is 2. The first-order chi connectivity index (χ1) is 7.72. The molecule has 0 aliphatic carbocycles. The van der Waals surface area contributed by atoms with E-state index in [-0.39, 0.29) is 0 Å². The van der Waals surface area contributed by atoms with Crippen LogP contribution in [0.1, 0.15) is 46.0 Å². The summed E-state index contributed by atoms with van der Waals surface area (Å²) in [5.41, 5.74) is 1.30. The Hall–Kier alpha value is -0.340. The smallest absolute Gasteiger partial charge is 0.0495 e. The third-order valence-electron chi connectivity index (χ3n) is 3.24. The molecule has 0 radical (unpaired) electrons. The molecular weight excluding hydrogens is 198 g/mol. The molecule has 1 N–H and O–H groups in total. The second-order valence-electron chi connectivity index (χ2n) is 5.11. The van der Waals surface area contributed by atoms with Gasteiger partial charge in [-0.15, -0.1) is 6.58 Å². The van der Waals surface area contributed by atoms with E-state index in [9.17, 15) is 0 Å². The largest absolute Gasteiger partial charge is 0.381 e. The zero-order valence-corrected chi connectivity index (χ0v) is 10.9. The van der Waals surface area contributed by atoms with Crippen molar-refractivity contribution in [3.8, 4) is 0 Å². The highest BCUT2D eigenvalue weighted by Crippen LogP contribution is 2.20. The summed E-state index contributed by atoms with van der Waals surface area (Å²) in [5, 5.41) is 3.66. The second kappa shape index (κ2) is 7.86. The molecule has 0 aromatic heterocycles. The van der Waals surface area contributed by atoms with Gasteiger partial charge in [0.05, 0.1) is 0 Å². The van der Waals surface area contributed by atoms with Crippen molar-refractivity contribution < 1.29 is 4.74 Å². The first-order valence-electron chi connectivity index (χ1n) is 6.68. The van der Waals surface area contributed by atoms with E-state index in [0.29, 0.717) is 6.04 Å². The van der Waals surface area contributed by atoms with Crippen LogP contribution in [0, 0.1) is 5.92 Å². The number of hydrogen-bond donors (Lipinski definition) is 1. The van der Waals surface area contributed by atoms with Crippen LogP contribution in [0.4, 0.5) is 0 Å². The molecule has 1 aliphatic rings. The van der Waals surface area contributed by atoms with Crippen LogP contribution in [-0.2, 0) is 4.74 Å². The van der Waals surface area contributed by atoms with Gasteiger partial charge in [-0.2, -0.15) is 0 Å². The van der Waals surface area contributed by atoms with E-state index in [0.717, 1.165) is 32.1 Å². The summed E-state index contributed by atoms with van der Waals surface area (Å²) < 4.78 is 5.44. The van der Waals surface area contributed by atoms with E-state index < -0.39 is 0 Å². The van der Waals surface area contributed by atoms with Crippen LogP contribution >= 0.6 is 0 Å². The van der Waals surface area contributed by atoms with Gasteiger partial charge < -0.3 is 10.1 Å². The normalized spacial score (nSPS) is 22.2. The number of allylic oxidation sites excluding steroid dienone is 1. The second-order valence-corrected chi connectivity index (χ2v) is 5.11. The molecule has 94 valence electrons. The highest BCUT2D eigenvalue weighted by Gasteiger charge is 2.20. The highest BCUT2D eigenvalue weighted by atomic mass is 16.5. The van der Waals surface area contributed by atoms with Crippen LogP contribution in [-0.4, -0.2) is 25.8 Å². The van der Waals surface area contributed by atoms with Crippen molar-refractivity contribution in [1.29, 1.82) is 0 Å². The molecular formula is C14H27NO. The fourth-order valence-corrected chi connectivity index (χ4v) is 2.24. The minimum absolute atomic E-state index is 0.656. The van der Waals surface area contributed by atoms with Crippen LogP contribution in [0.25, 0.3) is 0 Å². The van der Waals surface area contributed by atoms with E-state index in [1.807, 2.05) is 0 Å². The Morgan fingerprint density at radius 3 is 2.94 bits per heavy atom. The number of ether oxygens (including phenoxy) is 1. The molecule has 2 atom stereocenters. The molecule has 0 saturated carbocycles. The van der Waals surface area contributed by atoms with Crippen molar-refractivity contribution in [1.82, 2.24) is 5.32 Å². The molecule has 0 spiro atoms. The lowest BCUT2D eigenvalue weighted by Crippen LogP contribution is -2.32. The SMILES string of the molecule is C=C(C)CCC(CC1CCOC1)NCCC. The van der Waals surface area contributed by atoms with Gasteiger partial charge >= 0.3 is 0 Å². The Labute approximate surface area is 100 Å². The molecule has 2 unspecified atom stereocenters. The van der Waals surface area contributed by atoms with Crippen LogP contribution < -0.4 is 5.32 Å². The first kappa shape index (κ1) is 13.7.